The van der Waals surface area contributed by atoms with Crippen molar-refractivity contribution in [3.63, 3.8) is 0 Å². The third-order valence-corrected chi connectivity index (χ3v) is 4.86. The van der Waals surface area contributed by atoms with Crippen molar-refractivity contribution in [1.82, 2.24) is 20.6 Å². The van der Waals surface area contributed by atoms with E-state index in [0.29, 0.717) is 40.1 Å². The smallest absolute Gasteiger partial charge is 0.316 e. The summed E-state index contributed by atoms with van der Waals surface area (Å²) < 4.78 is 11.2. The normalized spacial score (nSPS) is 9.55. The van der Waals surface area contributed by atoms with Crippen molar-refractivity contribution in [2.24, 2.45) is 5.73 Å². The van der Waals surface area contributed by atoms with Crippen LogP contribution in [0.25, 0.3) is 0 Å². The number of primary amides is 1. The summed E-state index contributed by atoms with van der Waals surface area (Å²) >= 11 is 0. The number of hydrogen-bond acceptors (Lipinski definition) is 8. The van der Waals surface area contributed by atoms with Crippen molar-refractivity contribution in [1.29, 1.82) is 0 Å². The maximum atomic E-state index is 11.5. The standard InChI is InChI=1S/C14H14N4O3.C13H13N3O2.V/c1-16-13(19)12-8-11(6-7-17-12)21-10-4-2-9(3-5-10)18-14(15)20;1-15-13(17)12-8-11(6-7-16-12)18-10-4-2-9(14)3-5-10;/h2-8H,1H3,(H,16,19)(H3,15,18,20);2-8H,14H2,1H3,(H,15,17);. The summed E-state index contributed by atoms with van der Waals surface area (Å²) in [5.41, 5.74) is 12.4. The second-order valence-electron chi connectivity index (χ2n) is 7.70. The number of amides is 4. The number of ether oxygens (including phenoxy) is 2. The average molecular weight is 581 g/mol. The van der Waals surface area contributed by atoms with Crippen molar-refractivity contribution < 1.29 is 42.4 Å². The van der Waals surface area contributed by atoms with Gasteiger partial charge in [-0.25, -0.2) is 4.79 Å². The summed E-state index contributed by atoms with van der Waals surface area (Å²) in [7, 11) is 3.08. The van der Waals surface area contributed by atoms with Gasteiger partial charge in [0.05, 0.1) is 0 Å². The van der Waals surface area contributed by atoms with Crippen LogP contribution < -0.4 is 36.9 Å². The molecule has 2 aromatic carbocycles. The summed E-state index contributed by atoms with van der Waals surface area (Å²) in [4.78, 5) is 41.5. The molecule has 13 heteroatoms. The Morgan fingerprint density at radius 2 is 1.10 bits per heavy atom. The third-order valence-electron chi connectivity index (χ3n) is 4.86. The fraction of sp³-hybridized carbons (Fsp3) is 0.0741. The van der Waals surface area contributed by atoms with Gasteiger partial charge in [-0.1, -0.05) is 0 Å². The van der Waals surface area contributed by atoms with Gasteiger partial charge in [0.1, 0.15) is 34.4 Å². The number of carbonyl (C=O) groups is 3. The van der Waals surface area contributed by atoms with Gasteiger partial charge in [0.25, 0.3) is 11.8 Å². The number of hydrogen-bond donors (Lipinski definition) is 5. The Kier molecular flexibility index (Phi) is 12.0. The first kappa shape index (κ1) is 31.2. The number of nitrogens with two attached hydrogens (primary N) is 2. The topological polar surface area (TPSA) is 184 Å². The van der Waals surface area contributed by atoms with E-state index in [-0.39, 0.29) is 36.1 Å². The summed E-state index contributed by atoms with van der Waals surface area (Å²) in [5, 5.41) is 7.44. The molecule has 1 radical (unpaired) electrons. The maximum absolute atomic E-state index is 11.5. The number of nitrogens with one attached hydrogen (secondary N) is 3. The van der Waals surface area contributed by atoms with E-state index in [2.05, 4.69) is 25.9 Å². The molecule has 4 aromatic rings. The zero-order valence-electron chi connectivity index (χ0n) is 21.6. The van der Waals surface area contributed by atoms with E-state index >= 15 is 0 Å². The number of rotatable bonds is 7. The van der Waals surface area contributed by atoms with Gasteiger partial charge in [-0.2, -0.15) is 0 Å². The number of pyridine rings is 2. The zero-order valence-corrected chi connectivity index (χ0v) is 23.0. The fourth-order valence-corrected chi connectivity index (χ4v) is 3.01. The molecule has 12 nitrogen and oxygen atoms in total. The van der Waals surface area contributed by atoms with Crippen molar-refractivity contribution in [2.75, 3.05) is 25.1 Å². The molecule has 0 aliphatic carbocycles. The molecular formula is C27H27N7O5V. The van der Waals surface area contributed by atoms with Gasteiger partial charge in [0, 0.05) is 68.6 Å². The first-order valence-electron chi connectivity index (χ1n) is 11.5. The molecule has 4 amide bonds. The Morgan fingerprint density at radius 1 is 0.675 bits per heavy atom. The van der Waals surface area contributed by atoms with Crippen molar-refractivity contribution >= 4 is 29.2 Å². The van der Waals surface area contributed by atoms with Crippen LogP contribution in [0.3, 0.4) is 0 Å². The molecule has 0 atom stereocenters. The molecule has 0 bridgehead atoms. The Bertz CT molecular complexity index is 1430. The quantitative estimate of drug-likeness (QED) is 0.206. The van der Waals surface area contributed by atoms with Crippen molar-refractivity contribution in [3.8, 4) is 23.0 Å². The van der Waals surface area contributed by atoms with Gasteiger partial charge in [-0.15, -0.1) is 0 Å². The first-order valence-corrected chi connectivity index (χ1v) is 11.5. The Balaban J connectivity index is 0.000000276. The van der Waals surface area contributed by atoms with Crippen LogP contribution in [0.1, 0.15) is 21.0 Å². The van der Waals surface area contributed by atoms with Crippen molar-refractivity contribution in [2.45, 2.75) is 0 Å². The maximum Gasteiger partial charge on any atom is 0.316 e. The van der Waals surface area contributed by atoms with E-state index in [0.717, 1.165) is 0 Å². The largest absolute Gasteiger partial charge is 0.457 e. The third kappa shape index (κ3) is 9.67. The van der Waals surface area contributed by atoms with E-state index in [9.17, 15) is 14.4 Å². The molecule has 0 fully saturated rings. The number of anilines is 2. The molecule has 0 saturated heterocycles. The zero-order chi connectivity index (χ0) is 28.2. The van der Waals surface area contributed by atoms with Gasteiger partial charge < -0.3 is 36.9 Å². The minimum Gasteiger partial charge on any atom is -0.457 e. The second kappa shape index (κ2) is 15.4. The SMILES string of the molecule is CNC(=O)c1cc(Oc2ccc(N)cc2)ccn1.CNC(=O)c1cc(Oc2ccc(NC(N)=O)cc2)ccn1.[V]. The van der Waals surface area contributed by atoms with Crippen LogP contribution in [0.5, 0.6) is 23.0 Å². The van der Waals surface area contributed by atoms with Gasteiger partial charge in [-0.05, 0) is 60.7 Å². The van der Waals surface area contributed by atoms with E-state index in [4.69, 9.17) is 20.9 Å². The fourth-order valence-electron chi connectivity index (χ4n) is 3.01. The average Bonchev–Trinajstić information content (AvgIpc) is 2.95. The number of carbonyl (C=O) groups excluding carboxylic acids is 3. The monoisotopic (exact) mass is 580 g/mol. The van der Waals surface area contributed by atoms with Crippen LogP contribution in [-0.4, -0.2) is 41.9 Å². The Hall–Kier alpha value is -5.07. The van der Waals surface area contributed by atoms with Crippen molar-refractivity contribution in [3.05, 3.63) is 96.6 Å². The van der Waals surface area contributed by atoms with Crippen LogP contribution in [0.2, 0.25) is 0 Å². The van der Waals surface area contributed by atoms with Gasteiger partial charge >= 0.3 is 6.03 Å². The molecule has 2 aromatic heterocycles. The minimum atomic E-state index is -0.631. The molecule has 7 N–H and O–H groups in total. The summed E-state index contributed by atoms with van der Waals surface area (Å²) in [5.74, 6) is 1.70. The summed E-state index contributed by atoms with van der Waals surface area (Å²) in [6.07, 6.45) is 3.01. The molecule has 0 aliphatic heterocycles. The molecule has 2 heterocycles. The second-order valence-corrected chi connectivity index (χ2v) is 7.70. The first-order chi connectivity index (χ1) is 18.8. The minimum absolute atomic E-state index is 0. The van der Waals surface area contributed by atoms with E-state index in [1.165, 1.54) is 25.5 Å². The van der Waals surface area contributed by atoms with Crippen LogP contribution in [0.4, 0.5) is 16.2 Å². The summed E-state index contributed by atoms with van der Waals surface area (Å²) in [6.45, 7) is 0. The molecule has 4 rings (SSSR count). The van der Waals surface area contributed by atoms with E-state index < -0.39 is 6.03 Å². The van der Waals surface area contributed by atoms with Gasteiger partial charge in [0.15, 0.2) is 0 Å². The number of nitrogens with zero attached hydrogens (tertiary/aromatic N) is 2. The number of urea groups is 1. The van der Waals surface area contributed by atoms with Crippen LogP contribution in [0, 0.1) is 0 Å². The van der Waals surface area contributed by atoms with Gasteiger partial charge in [-0.3, -0.25) is 19.6 Å². The molecule has 0 unspecified atom stereocenters. The van der Waals surface area contributed by atoms with Crippen LogP contribution in [-0.2, 0) is 18.6 Å². The number of aromatic nitrogens is 2. The molecule has 0 aliphatic rings. The number of benzene rings is 2. The van der Waals surface area contributed by atoms with Crippen LogP contribution in [0.15, 0.2) is 85.2 Å². The van der Waals surface area contributed by atoms with E-state index in [1.807, 2.05) is 0 Å². The predicted molar refractivity (Wildman–Crippen MR) is 146 cm³/mol. The van der Waals surface area contributed by atoms with E-state index in [1.54, 1.807) is 73.8 Å². The number of nitrogen functional groups attached to an aromatic ring is 1. The molecular weight excluding hydrogens is 553 g/mol. The molecule has 205 valence electrons. The predicted octanol–water partition coefficient (Wildman–Crippen LogP) is 3.54. The molecule has 40 heavy (non-hydrogen) atoms. The molecule has 0 saturated carbocycles. The summed E-state index contributed by atoms with van der Waals surface area (Å²) in [6, 6.07) is 19.5. The Morgan fingerprint density at radius 3 is 1.50 bits per heavy atom. The Labute approximate surface area is 242 Å². The van der Waals surface area contributed by atoms with Crippen LogP contribution >= 0.6 is 0 Å². The molecule has 0 spiro atoms. The van der Waals surface area contributed by atoms with Gasteiger partial charge in [0.2, 0.25) is 0 Å².